The van der Waals surface area contributed by atoms with Gasteiger partial charge in [-0.15, -0.1) is 0 Å². The van der Waals surface area contributed by atoms with Gasteiger partial charge in [0.1, 0.15) is 5.82 Å². The minimum Gasteiger partial charge on any atom is -0.459 e. The molecule has 1 saturated carbocycles. The number of rotatable bonds is 2. The third-order valence-corrected chi connectivity index (χ3v) is 5.77. The molecule has 0 bridgehead atoms. The highest BCUT2D eigenvalue weighted by atomic mass is 19.1. The van der Waals surface area contributed by atoms with Crippen LogP contribution in [0.3, 0.4) is 0 Å². The lowest BCUT2D eigenvalue weighted by Crippen LogP contribution is -2.56. The van der Waals surface area contributed by atoms with Crippen molar-refractivity contribution in [2.75, 3.05) is 6.54 Å². The Morgan fingerprint density at radius 2 is 2.00 bits per heavy atom. The summed E-state index contributed by atoms with van der Waals surface area (Å²) < 4.78 is 18.7. The highest BCUT2D eigenvalue weighted by Gasteiger charge is 2.50. The first kappa shape index (κ1) is 16.3. The minimum absolute atomic E-state index is 0.0422. The van der Waals surface area contributed by atoms with E-state index in [1.165, 1.54) is 18.4 Å². The SMILES string of the molecule is O=C(c1ccco1)N1CCC2(O)CCCCC2C1c1ccc(F)cc1. The Balaban J connectivity index is 1.74. The van der Waals surface area contributed by atoms with Gasteiger partial charge in [-0.05, 0) is 49.1 Å². The fraction of sp³-hybridized carbons (Fsp3) is 0.450. The zero-order chi connectivity index (χ0) is 17.4. The van der Waals surface area contributed by atoms with E-state index < -0.39 is 5.60 Å². The number of hydrogen-bond donors (Lipinski definition) is 1. The number of piperidine rings is 1. The Morgan fingerprint density at radius 1 is 1.20 bits per heavy atom. The molecule has 1 N–H and O–H groups in total. The lowest BCUT2D eigenvalue weighted by atomic mass is 9.66. The first-order valence-corrected chi connectivity index (χ1v) is 8.91. The lowest BCUT2D eigenvalue weighted by Gasteiger charge is -2.52. The Morgan fingerprint density at radius 3 is 2.72 bits per heavy atom. The van der Waals surface area contributed by atoms with Crippen LogP contribution in [0.2, 0.25) is 0 Å². The maximum absolute atomic E-state index is 13.4. The van der Waals surface area contributed by atoms with Crippen molar-refractivity contribution in [3.8, 4) is 0 Å². The summed E-state index contributed by atoms with van der Waals surface area (Å²) in [5.41, 5.74) is 0.114. The van der Waals surface area contributed by atoms with Gasteiger partial charge in [0.15, 0.2) is 5.76 Å². The third-order valence-electron chi connectivity index (χ3n) is 5.77. The number of amides is 1. The normalized spacial score (nSPS) is 29.3. The number of nitrogens with zero attached hydrogens (tertiary/aromatic N) is 1. The molecule has 4 nitrogen and oxygen atoms in total. The first-order valence-electron chi connectivity index (χ1n) is 8.91. The van der Waals surface area contributed by atoms with Crippen LogP contribution >= 0.6 is 0 Å². The molecule has 1 saturated heterocycles. The van der Waals surface area contributed by atoms with Crippen LogP contribution in [0.15, 0.2) is 47.1 Å². The zero-order valence-electron chi connectivity index (χ0n) is 14.0. The smallest absolute Gasteiger partial charge is 0.290 e. The van der Waals surface area contributed by atoms with Crippen molar-refractivity contribution in [2.45, 2.75) is 43.7 Å². The second-order valence-corrected chi connectivity index (χ2v) is 7.18. The van der Waals surface area contributed by atoms with Gasteiger partial charge in [0, 0.05) is 12.5 Å². The van der Waals surface area contributed by atoms with Crippen LogP contribution in [0.5, 0.6) is 0 Å². The molecule has 5 heteroatoms. The number of carbonyl (C=O) groups is 1. The maximum atomic E-state index is 13.4. The summed E-state index contributed by atoms with van der Waals surface area (Å²) >= 11 is 0. The first-order chi connectivity index (χ1) is 12.1. The van der Waals surface area contributed by atoms with Crippen LogP contribution in [0, 0.1) is 11.7 Å². The summed E-state index contributed by atoms with van der Waals surface area (Å²) in [4.78, 5) is 14.8. The van der Waals surface area contributed by atoms with Gasteiger partial charge in [-0.1, -0.05) is 25.0 Å². The molecule has 2 aromatic rings. The monoisotopic (exact) mass is 343 g/mol. The molecule has 0 radical (unpaired) electrons. The number of benzene rings is 1. The van der Waals surface area contributed by atoms with E-state index in [9.17, 15) is 14.3 Å². The predicted octanol–water partition coefficient (Wildman–Crippen LogP) is 3.93. The molecule has 132 valence electrons. The fourth-order valence-electron chi connectivity index (χ4n) is 4.52. The van der Waals surface area contributed by atoms with Crippen LogP contribution < -0.4 is 0 Å². The average molecular weight is 343 g/mol. The van der Waals surface area contributed by atoms with E-state index in [2.05, 4.69) is 0 Å². The minimum atomic E-state index is -0.753. The summed E-state index contributed by atoms with van der Waals surface area (Å²) in [6.07, 6.45) is 5.73. The molecular formula is C20H22FNO3. The molecule has 1 aromatic heterocycles. The average Bonchev–Trinajstić information content (AvgIpc) is 3.15. The molecule has 4 rings (SSSR count). The van der Waals surface area contributed by atoms with Crippen LogP contribution in [-0.2, 0) is 0 Å². The topological polar surface area (TPSA) is 53.7 Å². The Kier molecular flexibility index (Phi) is 4.12. The van der Waals surface area contributed by atoms with Crippen molar-refractivity contribution in [2.24, 2.45) is 5.92 Å². The highest BCUT2D eigenvalue weighted by molar-refractivity contribution is 5.91. The van der Waals surface area contributed by atoms with Crippen molar-refractivity contribution in [1.29, 1.82) is 0 Å². The molecule has 1 aromatic carbocycles. The van der Waals surface area contributed by atoms with E-state index in [1.807, 2.05) is 0 Å². The predicted molar refractivity (Wildman–Crippen MR) is 90.4 cm³/mol. The van der Waals surface area contributed by atoms with Gasteiger partial charge in [-0.25, -0.2) is 4.39 Å². The van der Waals surface area contributed by atoms with E-state index in [4.69, 9.17) is 4.42 Å². The van der Waals surface area contributed by atoms with Crippen molar-refractivity contribution in [1.82, 2.24) is 4.90 Å². The zero-order valence-corrected chi connectivity index (χ0v) is 14.0. The molecule has 1 amide bonds. The Hall–Kier alpha value is -2.14. The van der Waals surface area contributed by atoms with Gasteiger partial charge in [0.25, 0.3) is 5.91 Å². The van der Waals surface area contributed by atoms with Crippen molar-refractivity contribution in [3.05, 3.63) is 59.8 Å². The number of carbonyl (C=O) groups excluding carboxylic acids is 1. The number of halogens is 1. The molecule has 0 spiro atoms. The summed E-state index contributed by atoms with van der Waals surface area (Å²) in [6, 6.07) is 9.37. The van der Waals surface area contributed by atoms with Gasteiger partial charge >= 0.3 is 0 Å². The van der Waals surface area contributed by atoms with Gasteiger partial charge in [0.05, 0.1) is 17.9 Å². The quantitative estimate of drug-likeness (QED) is 0.899. The van der Waals surface area contributed by atoms with Crippen LogP contribution in [-0.4, -0.2) is 28.1 Å². The summed E-state index contributed by atoms with van der Waals surface area (Å²) in [5.74, 6) is -0.220. The van der Waals surface area contributed by atoms with Gasteiger partial charge in [-0.3, -0.25) is 4.79 Å². The molecule has 1 aliphatic heterocycles. The van der Waals surface area contributed by atoms with E-state index in [0.717, 1.165) is 31.2 Å². The summed E-state index contributed by atoms with van der Waals surface area (Å²) in [6.45, 7) is 0.467. The second kappa shape index (κ2) is 6.30. The molecule has 2 fully saturated rings. The molecular weight excluding hydrogens is 321 g/mol. The molecule has 3 unspecified atom stereocenters. The largest absolute Gasteiger partial charge is 0.459 e. The van der Waals surface area contributed by atoms with Gasteiger partial charge < -0.3 is 14.4 Å². The number of hydrogen-bond acceptors (Lipinski definition) is 3. The second-order valence-electron chi connectivity index (χ2n) is 7.18. The summed E-state index contributed by atoms with van der Waals surface area (Å²) in [7, 11) is 0. The van der Waals surface area contributed by atoms with Gasteiger partial charge in [0.2, 0.25) is 0 Å². The molecule has 2 aliphatic rings. The van der Waals surface area contributed by atoms with Crippen LogP contribution in [0.1, 0.15) is 54.3 Å². The molecule has 25 heavy (non-hydrogen) atoms. The highest BCUT2D eigenvalue weighted by Crippen LogP contribution is 2.49. The number of likely N-dealkylation sites (tertiary alicyclic amines) is 1. The van der Waals surface area contributed by atoms with Crippen LogP contribution in [0.4, 0.5) is 4.39 Å². The number of fused-ring (bicyclic) bond motifs is 1. The van der Waals surface area contributed by atoms with Crippen molar-refractivity contribution >= 4 is 5.91 Å². The van der Waals surface area contributed by atoms with Crippen molar-refractivity contribution in [3.63, 3.8) is 0 Å². The Bertz CT molecular complexity index is 743. The molecule has 2 heterocycles. The van der Waals surface area contributed by atoms with Crippen LogP contribution in [0.25, 0.3) is 0 Å². The number of aliphatic hydroxyl groups is 1. The lowest BCUT2D eigenvalue weighted by molar-refractivity contribution is -0.115. The fourth-order valence-corrected chi connectivity index (χ4v) is 4.52. The maximum Gasteiger partial charge on any atom is 0.290 e. The third kappa shape index (κ3) is 2.86. The van der Waals surface area contributed by atoms with E-state index in [-0.39, 0.29) is 23.7 Å². The van der Waals surface area contributed by atoms with E-state index >= 15 is 0 Å². The Labute approximate surface area is 146 Å². The summed E-state index contributed by atoms with van der Waals surface area (Å²) in [5, 5.41) is 11.2. The standard InChI is InChI=1S/C20H22FNO3/c21-15-8-6-14(7-9-15)18-16-4-1-2-10-20(16,24)11-12-22(18)19(23)17-5-3-13-25-17/h3,5-9,13,16,18,24H,1-2,4,10-12H2. The molecule has 3 atom stereocenters. The van der Waals surface area contributed by atoms with E-state index in [0.29, 0.717) is 18.7 Å². The van der Waals surface area contributed by atoms with E-state index in [1.54, 1.807) is 29.2 Å². The number of furan rings is 1. The van der Waals surface area contributed by atoms with Crippen molar-refractivity contribution < 1.29 is 18.7 Å². The molecule has 1 aliphatic carbocycles. The van der Waals surface area contributed by atoms with Gasteiger partial charge in [-0.2, -0.15) is 0 Å².